The van der Waals surface area contributed by atoms with Gasteiger partial charge in [0.2, 0.25) is 0 Å². The van der Waals surface area contributed by atoms with Crippen LogP contribution in [0.2, 0.25) is 5.02 Å². The van der Waals surface area contributed by atoms with Crippen molar-refractivity contribution in [1.82, 2.24) is 9.78 Å². The smallest absolute Gasteiger partial charge is 0.141 e. The lowest BCUT2D eigenvalue weighted by Crippen LogP contribution is -2.12. The number of hydrogen-bond acceptors (Lipinski definition) is 2. The highest BCUT2D eigenvalue weighted by atomic mass is 79.9. The lowest BCUT2D eigenvalue weighted by Gasteiger charge is -2.15. The van der Waals surface area contributed by atoms with Crippen LogP contribution in [0.1, 0.15) is 24.2 Å². The van der Waals surface area contributed by atoms with Crippen LogP contribution in [0.25, 0.3) is 0 Å². The average molecular weight is 315 g/mol. The van der Waals surface area contributed by atoms with Crippen molar-refractivity contribution in [3.63, 3.8) is 0 Å². The molecule has 2 aromatic rings. The van der Waals surface area contributed by atoms with Crippen LogP contribution in [-0.2, 0) is 0 Å². The van der Waals surface area contributed by atoms with Gasteiger partial charge in [0.05, 0.1) is 11.7 Å². The summed E-state index contributed by atoms with van der Waals surface area (Å²) >= 11 is 9.58. The third-order valence-electron chi connectivity index (χ3n) is 2.77. The molecule has 90 valence electrons. The number of benzene rings is 1. The summed E-state index contributed by atoms with van der Waals surface area (Å²) in [5, 5.41) is 4.90. The lowest BCUT2D eigenvalue weighted by atomic mass is 10.1. The van der Waals surface area contributed by atoms with E-state index in [1.54, 1.807) is 4.68 Å². The van der Waals surface area contributed by atoms with Crippen molar-refractivity contribution in [2.75, 3.05) is 5.73 Å². The van der Waals surface area contributed by atoms with Gasteiger partial charge in [-0.15, -0.1) is 0 Å². The second-order valence-electron chi connectivity index (χ2n) is 3.93. The van der Waals surface area contributed by atoms with Crippen LogP contribution in [0, 0.1) is 6.92 Å². The Balaban J connectivity index is 2.48. The molecular formula is C12H13BrClN3. The molecule has 1 heterocycles. The fraction of sp³-hybridized carbons (Fsp3) is 0.250. The Morgan fingerprint density at radius 1 is 1.41 bits per heavy atom. The van der Waals surface area contributed by atoms with Gasteiger partial charge in [0.1, 0.15) is 10.8 Å². The minimum atomic E-state index is 0.0387. The Labute approximate surface area is 114 Å². The second-order valence-corrected chi connectivity index (χ2v) is 5.16. The normalized spacial score (nSPS) is 12.7. The predicted molar refractivity (Wildman–Crippen MR) is 74.3 cm³/mol. The summed E-state index contributed by atoms with van der Waals surface area (Å²) in [5.41, 5.74) is 7.82. The van der Waals surface area contributed by atoms with Crippen molar-refractivity contribution in [2.24, 2.45) is 0 Å². The molecule has 0 saturated carbocycles. The maximum absolute atomic E-state index is 6.05. The number of aryl methyl sites for hydroxylation is 1. The molecule has 0 aliphatic heterocycles. The van der Waals surface area contributed by atoms with Gasteiger partial charge in [0.25, 0.3) is 0 Å². The summed E-state index contributed by atoms with van der Waals surface area (Å²) in [6, 6.07) is 8.05. The molecule has 0 bridgehead atoms. The Hall–Kier alpha value is -1.00. The maximum atomic E-state index is 6.05. The first-order valence-corrected chi connectivity index (χ1v) is 6.44. The van der Waals surface area contributed by atoms with Gasteiger partial charge in [-0.05, 0) is 25.5 Å². The third kappa shape index (κ3) is 2.19. The van der Waals surface area contributed by atoms with Gasteiger partial charge in [-0.25, -0.2) is 4.68 Å². The van der Waals surface area contributed by atoms with E-state index in [1.807, 2.05) is 38.1 Å². The zero-order chi connectivity index (χ0) is 12.6. The average Bonchev–Trinajstić information content (AvgIpc) is 2.57. The monoisotopic (exact) mass is 313 g/mol. The Kier molecular flexibility index (Phi) is 3.45. The number of hydrogen-bond donors (Lipinski definition) is 1. The van der Waals surface area contributed by atoms with E-state index >= 15 is 0 Å². The van der Waals surface area contributed by atoms with E-state index in [0.29, 0.717) is 10.8 Å². The zero-order valence-corrected chi connectivity index (χ0v) is 12.0. The molecule has 0 aliphatic carbocycles. The van der Waals surface area contributed by atoms with Crippen molar-refractivity contribution in [3.05, 3.63) is 45.0 Å². The maximum Gasteiger partial charge on any atom is 0.141 e. The summed E-state index contributed by atoms with van der Waals surface area (Å²) in [7, 11) is 0. The van der Waals surface area contributed by atoms with E-state index in [1.165, 1.54) is 0 Å². The van der Waals surface area contributed by atoms with Crippen molar-refractivity contribution in [2.45, 2.75) is 19.9 Å². The van der Waals surface area contributed by atoms with Gasteiger partial charge in [0, 0.05) is 4.47 Å². The molecule has 1 unspecified atom stereocenters. The first-order chi connectivity index (χ1) is 8.02. The molecule has 3 nitrogen and oxygen atoms in total. The topological polar surface area (TPSA) is 43.8 Å². The third-order valence-corrected chi connectivity index (χ3v) is 3.96. The molecule has 1 aromatic carbocycles. The summed E-state index contributed by atoms with van der Waals surface area (Å²) < 4.78 is 2.79. The SMILES string of the molecule is Cc1nn(C(C)c2ccccc2Br)c(N)c1Cl. The van der Waals surface area contributed by atoms with Crippen molar-refractivity contribution < 1.29 is 0 Å². The lowest BCUT2D eigenvalue weighted by molar-refractivity contribution is 0.567. The quantitative estimate of drug-likeness (QED) is 0.916. The Bertz CT molecular complexity index is 551. The minimum Gasteiger partial charge on any atom is -0.383 e. The summed E-state index contributed by atoms with van der Waals surface area (Å²) in [6.45, 7) is 3.89. The van der Waals surface area contributed by atoms with Crippen LogP contribution in [0.4, 0.5) is 5.82 Å². The van der Waals surface area contributed by atoms with Crippen LogP contribution < -0.4 is 5.73 Å². The standard InChI is InChI=1S/C12H13BrClN3/c1-7-11(14)12(15)17(16-7)8(2)9-5-3-4-6-10(9)13/h3-6,8H,15H2,1-2H3. The molecule has 0 fully saturated rings. The minimum absolute atomic E-state index is 0.0387. The molecule has 5 heteroatoms. The molecule has 17 heavy (non-hydrogen) atoms. The number of aromatic nitrogens is 2. The zero-order valence-electron chi connectivity index (χ0n) is 9.61. The van der Waals surface area contributed by atoms with Gasteiger partial charge >= 0.3 is 0 Å². The van der Waals surface area contributed by atoms with Gasteiger partial charge in [0.15, 0.2) is 0 Å². The number of nitrogens with zero attached hydrogens (tertiary/aromatic N) is 2. The van der Waals surface area contributed by atoms with Gasteiger partial charge in [-0.1, -0.05) is 45.7 Å². The Morgan fingerprint density at radius 3 is 2.59 bits per heavy atom. The molecular weight excluding hydrogens is 302 g/mol. The number of nitrogen functional groups attached to an aromatic ring is 1. The summed E-state index contributed by atoms with van der Waals surface area (Å²) in [6.07, 6.45) is 0. The van der Waals surface area contributed by atoms with E-state index in [9.17, 15) is 0 Å². The Morgan fingerprint density at radius 2 is 2.06 bits per heavy atom. The van der Waals surface area contributed by atoms with Crippen molar-refractivity contribution in [1.29, 1.82) is 0 Å². The molecule has 1 atom stereocenters. The predicted octanol–water partition coefficient (Wildman–Crippen LogP) is 3.80. The fourth-order valence-corrected chi connectivity index (χ4v) is 2.53. The number of anilines is 1. The number of nitrogens with two attached hydrogens (primary N) is 1. The molecule has 0 aliphatic rings. The number of rotatable bonds is 2. The van der Waals surface area contributed by atoms with Crippen LogP contribution in [0.3, 0.4) is 0 Å². The molecule has 0 saturated heterocycles. The van der Waals surface area contributed by atoms with Crippen molar-refractivity contribution >= 4 is 33.3 Å². The van der Waals surface area contributed by atoms with Crippen molar-refractivity contribution in [3.8, 4) is 0 Å². The van der Waals surface area contributed by atoms with E-state index in [2.05, 4.69) is 21.0 Å². The summed E-state index contributed by atoms with van der Waals surface area (Å²) in [4.78, 5) is 0. The molecule has 2 rings (SSSR count). The first-order valence-electron chi connectivity index (χ1n) is 5.27. The van der Waals surface area contributed by atoms with Crippen LogP contribution in [0.15, 0.2) is 28.7 Å². The summed E-state index contributed by atoms with van der Waals surface area (Å²) in [5.74, 6) is 0.507. The molecule has 0 amide bonds. The first kappa shape index (κ1) is 12.5. The molecule has 0 spiro atoms. The van der Waals surface area contributed by atoms with Gasteiger partial charge in [-0.3, -0.25) is 0 Å². The van der Waals surface area contributed by atoms with E-state index in [-0.39, 0.29) is 6.04 Å². The second kappa shape index (κ2) is 4.70. The van der Waals surface area contributed by atoms with Gasteiger partial charge < -0.3 is 5.73 Å². The molecule has 2 N–H and O–H groups in total. The van der Waals surface area contributed by atoms with Crippen LogP contribution in [-0.4, -0.2) is 9.78 Å². The molecule has 0 radical (unpaired) electrons. The molecule has 1 aromatic heterocycles. The van der Waals surface area contributed by atoms with Gasteiger partial charge in [-0.2, -0.15) is 5.10 Å². The largest absolute Gasteiger partial charge is 0.383 e. The highest BCUT2D eigenvalue weighted by Crippen LogP contribution is 2.31. The van der Waals surface area contributed by atoms with Crippen LogP contribution in [0.5, 0.6) is 0 Å². The van der Waals surface area contributed by atoms with E-state index in [4.69, 9.17) is 17.3 Å². The number of halogens is 2. The van der Waals surface area contributed by atoms with E-state index in [0.717, 1.165) is 15.7 Å². The highest BCUT2D eigenvalue weighted by Gasteiger charge is 2.17. The van der Waals surface area contributed by atoms with Crippen LogP contribution >= 0.6 is 27.5 Å². The fourth-order valence-electron chi connectivity index (χ4n) is 1.79. The highest BCUT2D eigenvalue weighted by molar-refractivity contribution is 9.10. The van der Waals surface area contributed by atoms with E-state index < -0.39 is 0 Å².